The Morgan fingerprint density at radius 2 is 1.95 bits per heavy atom. The summed E-state index contributed by atoms with van der Waals surface area (Å²) < 4.78 is 10.7. The smallest absolute Gasteiger partial charge is 0.161 e. The molecular weight excluding hydrogens is 252 g/mol. The molecular formula is C16H20N2O2. The average Bonchev–Trinajstić information content (AvgIpc) is 2.44. The van der Waals surface area contributed by atoms with E-state index in [1.54, 1.807) is 14.2 Å². The summed E-state index contributed by atoms with van der Waals surface area (Å²) in [5.74, 6) is 3.21. The topological polar surface area (TPSA) is 43.4 Å². The molecule has 1 aromatic carbocycles. The van der Waals surface area contributed by atoms with E-state index in [0.717, 1.165) is 40.6 Å². The summed E-state index contributed by atoms with van der Waals surface area (Å²) in [4.78, 5) is 4.46. The number of methoxy groups -OCH3 is 2. The highest BCUT2D eigenvalue weighted by Crippen LogP contribution is 2.35. The second kappa shape index (κ2) is 5.57. The van der Waals surface area contributed by atoms with Crippen molar-refractivity contribution in [2.45, 2.75) is 19.3 Å². The third-order valence-corrected chi connectivity index (χ3v) is 4.05. The van der Waals surface area contributed by atoms with Gasteiger partial charge in [0.25, 0.3) is 0 Å². The van der Waals surface area contributed by atoms with Gasteiger partial charge in [-0.3, -0.25) is 0 Å². The molecule has 4 heteroatoms. The Balaban J connectivity index is 1.94. The Morgan fingerprint density at radius 3 is 2.60 bits per heavy atom. The van der Waals surface area contributed by atoms with Crippen LogP contribution in [0.1, 0.15) is 19.3 Å². The van der Waals surface area contributed by atoms with Crippen LogP contribution in [0.3, 0.4) is 0 Å². The van der Waals surface area contributed by atoms with E-state index in [1.807, 2.05) is 24.4 Å². The maximum atomic E-state index is 5.38. The van der Waals surface area contributed by atoms with Crippen LogP contribution in [0.5, 0.6) is 11.5 Å². The number of ether oxygens (including phenoxy) is 2. The predicted molar refractivity (Wildman–Crippen MR) is 80.7 cm³/mol. The number of benzene rings is 1. The van der Waals surface area contributed by atoms with Gasteiger partial charge in [0.05, 0.1) is 14.2 Å². The summed E-state index contributed by atoms with van der Waals surface area (Å²) in [5.41, 5.74) is 0. The van der Waals surface area contributed by atoms with Gasteiger partial charge in [-0.2, -0.15) is 0 Å². The maximum Gasteiger partial charge on any atom is 0.161 e. The van der Waals surface area contributed by atoms with E-state index in [9.17, 15) is 0 Å². The van der Waals surface area contributed by atoms with Gasteiger partial charge in [-0.1, -0.05) is 6.42 Å². The Morgan fingerprint density at radius 1 is 1.20 bits per heavy atom. The number of pyridine rings is 1. The molecule has 0 spiro atoms. The molecule has 0 atom stereocenters. The van der Waals surface area contributed by atoms with Gasteiger partial charge in [0.2, 0.25) is 0 Å². The minimum atomic E-state index is 0.736. The molecule has 1 heterocycles. The van der Waals surface area contributed by atoms with E-state index < -0.39 is 0 Å². The van der Waals surface area contributed by atoms with Gasteiger partial charge in [-0.25, -0.2) is 4.98 Å². The number of hydrogen-bond donors (Lipinski definition) is 1. The average molecular weight is 272 g/mol. The van der Waals surface area contributed by atoms with E-state index in [1.165, 1.54) is 19.3 Å². The minimum absolute atomic E-state index is 0.736. The summed E-state index contributed by atoms with van der Waals surface area (Å²) in [7, 11) is 3.31. The molecule has 106 valence electrons. The molecule has 4 nitrogen and oxygen atoms in total. The molecule has 3 rings (SSSR count). The number of nitrogens with one attached hydrogen (secondary N) is 1. The van der Waals surface area contributed by atoms with Crippen LogP contribution in [-0.2, 0) is 0 Å². The van der Waals surface area contributed by atoms with Gasteiger partial charge < -0.3 is 14.8 Å². The second-order valence-electron chi connectivity index (χ2n) is 5.27. The lowest BCUT2D eigenvalue weighted by Gasteiger charge is -2.25. The number of hydrogen-bond acceptors (Lipinski definition) is 4. The lowest BCUT2D eigenvalue weighted by Crippen LogP contribution is -2.21. The largest absolute Gasteiger partial charge is 0.493 e. The first kappa shape index (κ1) is 13.0. The van der Waals surface area contributed by atoms with Gasteiger partial charge >= 0.3 is 0 Å². The highest BCUT2D eigenvalue weighted by atomic mass is 16.5. The zero-order valence-electron chi connectivity index (χ0n) is 12.0. The number of aromatic nitrogens is 1. The van der Waals surface area contributed by atoms with Crippen LogP contribution in [0.15, 0.2) is 24.4 Å². The van der Waals surface area contributed by atoms with Crippen LogP contribution in [0.25, 0.3) is 10.8 Å². The third kappa shape index (κ3) is 2.38. The summed E-state index contributed by atoms with van der Waals surface area (Å²) in [5, 5.41) is 5.65. The third-order valence-electron chi connectivity index (χ3n) is 4.05. The van der Waals surface area contributed by atoms with Crippen molar-refractivity contribution in [3.63, 3.8) is 0 Å². The lowest BCUT2D eigenvalue weighted by atomic mass is 9.85. The molecule has 0 bridgehead atoms. The van der Waals surface area contributed by atoms with Crippen molar-refractivity contribution in [2.24, 2.45) is 5.92 Å². The molecule has 1 aliphatic rings. The molecule has 1 saturated carbocycles. The molecule has 20 heavy (non-hydrogen) atoms. The molecule has 1 N–H and O–H groups in total. The Kier molecular flexibility index (Phi) is 3.63. The van der Waals surface area contributed by atoms with Crippen LogP contribution >= 0.6 is 0 Å². The monoisotopic (exact) mass is 272 g/mol. The molecule has 2 aromatic rings. The zero-order valence-corrected chi connectivity index (χ0v) is 12.0. The number of nitrogens with zero attached hydrogens (tertiary/aromatic N) is 1. The van der Waals surface area contributed by atoms with Crippen molar-refractivity contribution in [3.05, 3.63) is 24.4 Å². The predicted octanol–water partition coefficient (Wildman–Crippen LogP) is 3.46. The van der Waals surface area contributed by atoms with E-state index >= 15 is 0 Å². The van der Waals surface area contributed by atoms with Gasteiger partial charge in [-0.05, 0) is 42.3 Å². The number of fused-ring (bicyclic) bond motifs is 1. The van der Waals surface area contributed by atoms with Crippen LogP contribution < -0.4 is 14.8 Å². The summed E-state index contributed by atoms with van der Waals surface area (Å²) in [6, 6.07) is 5.97. The summed E-state index contributed by atoms with van der Waals surface area (Å²) in [6.07, 6.45) is 5.85. The second-order valence-corrected chi connectivity index (χ2v) is 5.27. The molecule has 1 aliphatic carbocycles. The zero-order chi connectivity index (χ0) is 13.9. The molecule has 1 aromatic heterocycles. The molecule has 0 radical (unpaired) electrons. The first-order valence-corrected chi connectivity index (χ1v) is 7.06. The first-order chi connectivity index (χ1) is 9.81. The summed E-state index contributed by atoms with van der Waals surface area (Å²) >= 11 is 0. The van der Waals surface area contributed by atoms with Crippen LogP contribution in [0.4, 0.5) is 5.82 Å². The highest BCUT2D eigenvalue weighted by Gasteiger charge is 2.17. The molecule has 0 saturated heterocycles. The quantitative estimate of drug-likeness (QED) is 0.905. The van der Waals surface area contributed by atoms with E-state index in [4.69, 9.17) is 9.47 Å². The molecule has 1 fully saturated rings. The molecule has 0 aliphatic heterocycles. The lowest BCUT2D eigenvalue weighted by molar-refractivity contribution is 0.333. The van der Waals surface area contributed by atoms with Crippen molar-refractivity contribution in [2.75, 3.05) is 26.1 Å². The van der Waals surface area contributed by atoms with Gasteiger partial charge in [0.15, 0.2) is 11.5 Å². The van der Waals surface area contributed by atoms with E-state index in [2.05, 4.69) is 10.3 Å². The van der Waals surface area contributed by atoms with Gasteiger partial charge in [-0.15, -0.1) is 0 Å². The highest BCUT2D eigenvalue weighted by molar-refractivity contribution is 5.94. The minimum Gasteiger partial charge on any atom is -0.493 e. The normalized spacial score (nSPS) is 14.9. The summed E-state index contributed by atoms with van der Waals surface area (Å²) in [6.45, 7) is 1.00. The maximum absolute atomic E-state index is 5.38. The van der Waals surface area contributed by atoms with E-state index in [-0.39, 0.29) is 0 Å². The number of rotatable bonds is 5. The fourth-order valence-corrected chi connectivity index (χ4v) is 2.58. The molecule has 0 amide bonds. The SMILES string of the molecule is COc1cc2ccnc(NCC3CCC3)c2cc1OC. The fraction of sp³-hybridized carbons (Fsp3) is 0.438. The van der Waals surface area contributed by atoms with Crippen molar-refractivity contribution in [1.82, 2.24) is 4.98 Å². The van der Waals surface area contributed by atoms with Gasteiger partial charge in [0, 0.05) is 18.1 Å². The van der Waals surface area contributed by atoms with Crippen molar-refractivity contribution in [3.8, 4) is 11.5 Å². The van der Waals surface area contributed by atoms with E-state index in [0.29, 0.717) is 0 Å². The van der Waals surface area contributed by atoms with Crippen molar-refractivity contribution >= 4 is 16.6 Å². The van der Waals surface area contributed by atoms with Gasteiger partial charge in [0.1, 0.15) is 5.82 Å². The van der Waals surface area contributed by atoms with Crippen LogP contribution in [0, 0.1) is 5.92 Å². The Labute approximate surface area is 119 Å². The van der Waals surface area contributed by atoms with Crippen LogP contribution in [0.2, 0.25) is 0 Å². The first-order valence-electron chi connectivity index (χ1n) is 7.06. The van der Waals surface area contributed by atoms with Crippen molar-refractivity contribution in [1.29, 1.82) is 0 Å². The Hall–Kier alpha value is -1.97. The molecule has 0 unspecified atom stereocenters. The Bertz CT molecular complexity index is 609. The fourth-order valence-electron chi connectivity index (χ4n) is 2.58. The van der Waals surface area contributed by atoms with Crippen LogP contribution in [-0.4, -0.2) is 25.7 Å². The standard InChI is InChI=1S/C16H20N2O2/c1-19-14-8-12-6-7-17-16(13(12)9-15(14)20-2)18-10-11-4-3-5-11/h6-9,11H,3-5,10H2,1-2H3,(H,17,18). The van der Waals surface area contributed by atoms with Crippen molar-refractivity contribution < 1.29 is 9.47 Å². The number of anilines is 1.